The van der Waals surface area contributed by atoms with Gasteiger partial charge in [-0.15, -0.1) is 13.2 Å². The molecular formula is C20H16F3NO5. The van der Waals surface area contributed by atoms with Crippen LogP contribution in [0.1, 0.15) is 19.4 Å². The first-order valence-corrected chi connectivity index (χ1v) is 8.52. The Labute approximate surface area is 163 Å². The summed E-state index contributed by atoms with van der Waals surface area (Å²) in [6, 6.07) is 10.5. The van der Waals surface area contributed by atoms with Crippen LogP contribution in [-0.4, -0.2) is 29.4 Å². The molecule has 29 heavy (non-hydrogen) atoms. The lowest BCUT2D eigenvalue weighted by atomic mass is 10.1. The van der Waals surface area contributed by atoms with Crippen LogP contribution >= 0.6 is 0 Å². The Kier molecular flexibility index (Phi) is 5.23. The van der Waals surface area contributed by atoms with Crippen molar-refractivity contribution in [2.75, 3.05) is 4.90 Å². The maximum absolute atomic E-state index is 12.8. The van der Waals surface area contributed by atoms with E-state index in [0.717, 1.165) is 12.1 Å². The number of ether oxygens (including phenoxy) is 2. The summed E-state index contributed by atoms with van der Waals surface area (Å²) in [5.41, 5.74) is -0.154. The van der Waals surface area contributed by atoms with Crippen LogP contribution in [0.25, 0.3) is 5.57 Å². The summed E-state index contributed by atoms with van der Waals surface area (Å²) in [5.74, 6) is -2.77. The number of hydrogen-bond donors (Lipinski definition) is 1. The summed E-state index contributed by atoms with van der Waals surface area (Å²) in [5, 5.41) is 10.2. The van der Waals surface area contributed by atoms with Crippen molar-refractivity contribution in [1.29, 1.82) is 0 Å². The van der Waals surface area contributed by atoms with Crippen molar-refractivity contribution < 1.29 is 37.3 Å². The van der Waals surface area contributed by atoms with E-state index in [1.807, 2.05) is 13.8 Å². The van der Waals surface area contributed by atoms with Crippen molar-refractivity contribution in [2.45, 2.75) is 26.3 Å². The summed E-state index contributed by atoms with van der Waals surface area (Å²) in [4.78, 5) is 25.8. The molecule has 9 heteroatoms. The van der Waals surface area contributed by atoms with Gasteiger partial charge < -0.3 is 14.6 Å². The van der Waals surface area contributed by atoms with Crippen LogP contribution in [0.5, 0.6) is 11.5 Å². The average molecular weight is 407 g/mol. The normalized spacial score (nSPS) is 14.8. The largest absolute Gasteiger partial charge is 0.573 e. The van der Waals surface area contributed by atoms with Crippen LogP contribution in [0.15, 0.2) is 54.3 Å². The molecule has 0 radical (unpaired) electrons. The molecular weight excluding hydrogens is 391 g/mol. The SMILES string of the molecule is CC(C)Oc1ccc(C2=C(O)C(=O)N(c3cccc(OC(F)(F)F)c3)C2=O)cc1. The third-order valence-electron chi connectivity index (χ3n) is 3.88. The van der Waals surface area contributed by atoms with Crippen LogP contribution in [-0.2, 0) is 9.59 Å². The number of halogens is 3. The lowest BCUT2D eigenvalue weighted by Crippen LogP contribution is -2.31. The molecule has 0 fully saturated rings. The molecule has 2 aromatic carbocycles. The van der Waals surface area contributed by atoms with E-state index in [4.69, 9.17) is 4.74 Å². The molecule has 1 aliphatic heterocycles. The van der Waals surface area contributed by atoms with Gasteiger partial charge in [-0.1, -0.05) is 18.2 Å². The summed E-state index contributed by atoms with van der Waals surface area (Å²) in [6.45, 7) is 3.69. The number of rotatable bonds is 5. The molecule has 6 nitrogen and oxygen atoms in total. The minimum Gasteiger partial charge on any atom is -0.502 e. The maximum atomic E-state index is 12.8. The smallest absolute Gasteiger partial charge is 0.502 e. The molecule has 3 rings (SSSR count). The van der Waals surface area contributed by atoms with E-state index in [-0.39, 0.29) is 22.9 Å². The minimum absolute atomic E-state index is 0.0650. The van der Waals surface area contributed by atoms with Gasteiger partial charge in [0, 0.05) is 6.07 Å². The number of aliphatic hydroxyl groups excluding tert-OH is 1. The van der Waals surface area contributed by atoms with Gasteiger partial charge in [0.25, 0.3) is 5.91 Å². The number of anilines is 1. The molecule has 1 N–H and O–H groups in total. The molecule has 0 aromatic heterocycles. The molecule has 0 spiro atoms. The van der Waals surface area contributed by atoms with Gasteiger partial charge in [0.1, 0.15) is 11.5 Å². The zero-order valence-electron chi connectivity index (χ0n) is 15.4. The fourth-order valence-electron chi connectivity index (χ4n) is 2.80. The topological polar surface area (TPSA) is 76.1 Å². The number of imide groups is 1. The Morgan fingerprint density at radius 2 is 1.62 bits per heavy atom. The van der Waals surface area contributed by atoms with Crippen molar-refractivity contribution in [3.8, 4) is 11.5 Å². The van der Waals surface area contributed by atoms with E-state index >= 15 is 0 Å². The molecule has 1 aliphatic rings. The van der Waals surface area contributed by atoms with E-state index in [9.17, 15) is 27.9 Å². The number of carbonyl (C=O) groups is 2. The quantitative estimate of drug-likeness (QED) is 0.752. The van der Waals surface area contributed by atoms with Crippen LogP contribution < -0.4 is 14.4 Å². The average Bonchev–Trinajstić information content (AvgIpc) is 2.83. The molecule has 0 aliphatic carbocycles. The molecule has 152 valence electrons. The first kappa shape index (κ1) is 20.2. The number of nitrogens with zero attached hydrogens (tertiary/aromatic N) is 1. The highest BCUT2D eigenvalue weighted by molar-refractivity contribution is 6.44. The molecule has 1 heterocycles. The molecule has 0 bridgehead atoms. The summed E-state index contributed by atoms with van der Waals surface area (Å²) >= 11 is 0. The van der Waals surface area contributed by atoms with Crippen LogP contribution in [0.4, 0.5) is 18.9 Å². The van der Waals surface area contributed by atoms with E-state index in [1.54, 1.807) is 12.1 Å². The third kappa shape index (κ3) is 4.34. The lowest BCUT2D eigenvalue weighted by Gasteiger charge is -2.16. The molecule has 0 unspecified atom stereocenters. The van der Waals surface area contributed by atoms with Crippen molar-refractivity contribution in [2.24, 2.45) is 0 Å². The number of aliphatic hydroxyl groups is 1. The van der Waals surface area contributed by atoms with Crippen molar-refractivity contribution in [3.63, 3.8) is 0 Å². The first-order chi connectivity index (χ1) is 13.6. The lowest BCUT2D eigenvalue weighted by molar-refractivity contribution is -0.274. The van der Waals surface area contributed by atoms with Gasteiger partial charge in [0.05, 0.1) is 17.4 Å². The monoisotopic (exact) mass is 407 g/mol. The van der Waals surface area contributed by atoms with Gasteiger partial charge in [-0.2, -0.15) is 0 Å². The number of amides is 2. The fourth-order valence-corrected chi connectivity index (χ4v) is 2.80. The highest BCUT2D eigenvalue weighted by atomic mass is 19.4. The number of benzene rings is 2. The fraction of sp³-hybridized carbons (Fsp3) is 0.200. The van der Waals surface area contributed by atoms with Gasteiger partial charge in [0.15, 0.2) is 5.76 Å². The van der Waals surface area contributed by atoms with E-state index in [0.29, 0.717) is 10.6 Å². The van der Waals surface area contributed by atoms with Crippen molar-refractivity contribution in [3.05, 3.63) is 59.9 Å². The van der Waals surface area contributed by atoms with E-state index in [2.05, 4.69) is 4.74 Å². The molecule has 2 aromatic rings. The first-order valence-electron chi connectivity index (χ1n) is 8.52. The zero-order valence-corrected chi connectivity index (χ0v) is 15.4. The Bertz CT molecular complexity index is 980. The van der Waals surface area contributed by atoms with Gasteiger partial charge in [-0.3, -0.25) is 9.59 Å². The maximum Gasteiger partial charge on any atom is 0.573 e. The highest BCUT2D eigenvalue weighted by Crippen LogP contribution is 2.34. The van der Waals surface area contributed by atoms with Crippen molar-refractivity contribution >= 4 is 23.1 Å². The Morgan fingerprint density at radius 3 is 2.21 bits per heavy atom. The Morgan fingerprint density at radius 1 is 0.966 bits per heavy atom. The summed E-state index contributed by atoms with van der Waals surface area (Å²) in [6.07, 6.45) is -4.99. The molecule has 0 saturated carbocycles. The van der Waals surface area contributed by atoms with Crippen molar-refractivity contribution in [1.82, 2.24) is 0 Å². The second-order valence-electron chi connectivity index (χ2n) is 6.41. The van der Waals surface area contributed by atoms with Gasteiger partial charge in [-0.25, -0.2) is 4.90 Å². The van der Waals surface area contributed by atoms with E-state index < -0.39 is 29.7 Å². The summed E-state index contributed by atoms with van der Waals surface area (Å²) in [7, 11) is 0. The second-order valence-corrected chi connectivity index (χ2v) is 6.41. The molecule has 0 saturated heterocycles. The van der Waals surface area contributed by atoms with Gasteiger partial charge >= 0.3 is 12.3 Å². The minimum atomic E-state index is -4.93. The Balaban J connectivity index is 1.90. The second kappa shape index (κ2) is 7.50. The zero-order chi connectivity index (χ0) is 21.3. The number of carbonyl (C=O) groups excluding carboxylic acids is 2. The molecule has 2 amide bonds. The molecule has 0 atom stereocenters. The third-order valence-corrected chi connectivity index (χ3v) is 3.88. The standard InChI is InChI=1S/C20H16F3NO5/c1-11(2)28-14-8-6-12(7-9-14)16-17(25)19(27)24(18(16)26)13-4-3-5-15(10-13)29-20(21,22)23/h3-11,25H,1-2H3. The van der Waals surface area contributed by atoms with Gasteiger partial charge in [-0.05, 0) is 43.7 Å². The predicted octanol–water partition coefficient (Wildman–Crippen LogP) is 4.21. The predicted molar refractivity (Wildman–Crippen MR) is 97.4 cm³/mol. The summed E-state index contributed by atoms with van der Waals surface area (Å²) < 4.78 is 46.6. The number of hydrogen-bond acceptors (Lipinski definition) is 5. The van der Waals surface area contributed by atoms with Crippen LogP contribution in [0.2, 0.25) is 0 Å². The van der Waals surface area contributed by atoms with Crippen LogP contribution in [0, 0.1) is 0 Å². The van der Waals surface area contributed by atoms with E-state index in [1.165, 1.54) is 24.3 Å². The highest BCUT2D eigenvalue weighted by Gasteiger charge is 2.40. The van der Waals surface area contributed by atoms with Crippen LogP contribution in [0.3, 0.4) is 0 Å². The Hall–Kier alpha value is -3.49. The van der Waals surface area contributed by atoms with Gasteiger partial charge in [0.2, 0.25) is 0 Å². The number of alkyl halides is 3.